The van der Waals surface area contributed by atoms with Crippen molar-refractivity contribution in [2.24, 2.45) is 16.7 Å². The van der Waals surface area contributed by atoms with E-state index >= 15 is 0 Å². The molecule has 5 fully saturated rings. The predicted molar refractivity (Wildman–Crippen MR) is 123 cm³/mol. The minimum Gasteiger partial charge on any atom is -0.323 e. The van der Waals surface area contributed by atoms with Gasteiger partial charge in [0.05, 0.1) is 6.04 Å². The summed E-state index contributed by atoms with van der Waals surface area (Å²) < 4.78 is 80.2. The summed E-state index contributed by atoms with van der Waals surface area (Å²) in [7, 11) is 0. The molecule has 0 atom stereocenters. The van der Waals surface area contributed by atoms with E-state index in [2.05, 4.69) is 15.2 Å². The molecule has 4 heterocycles. The number of amides is 2. The first-order valence-electron chi connectivity index (χ1n) is 13.4. The Morgan fingerprint density at radius 3 is 2.10 bits per heavy atom. The van der Waals surface area contributed by atoms with Crippen LogP contribution in [0.25, 0.3) is 0 Å². The van der Waals surface area contributed by atoms with Crippen LogP contribution in [0, 0.1) is 16.7 Å². The fourth-order valence-corrected chi connectivity index (χ4v) is 7.30. The Morgan fingerprint density at radius 2 is 1.54 bits per heavy atom. The predicted octanol–water partition coefficient (Wildman–Crippen LogP) is 4.64. The zero-order valence-electron chi connectivity index (χ0n) is 21.2. The average molecular weight is 558 g/mol. The normalized spacial score (nSPS) is 24.5. The van der Waals surface area contributed by atoms with E-state index in [0.717, 1.165) is 37.8 Å². The highest BCUT2D eigenvalue weighted by molar-refractivity contribution is 5.77. The van der Waals surface area contributed by atoms with Gasteiger partial charge >= 0.3 is 18.4 Å². The van der Waals surface area contributed by atoms with Gasteiger partial charge in [-0.05, 0) is 56.9 Å². The fraction of sp³-hybridized carbons (Fsp3) is 0.760. The number of urea groups is 1. The Balaban J connectivity index is 0.871. The summed E-state index contributed by atoms with van der Waals surface area (Å²) in [6.07, 6.45) is -1.82. The first-order valence-corrected chi connectivity index (χ1v) is 13.4. The molecule has 0 aromatic carbocycles. The van der Waals surface area contributed by atoms with Gasteiger partial charge in [0, 0.05) is 48.6 Å². The molecule has 0 unspecified atom stereocenters. The van der Waals surface area contributed by atoms with Gasteiger partial charge in [0.2, 0.25) is 0 Å². The standard InChI is InChI=1S/C25H29F6N7O/c26-24(27,28)13-37-17(4-19(33-37)25(29,30)31)3-15-5-22(6-15)9-35(10-22)21(39)36-11-23(12-36)7-18(8-23)38-14-32-20(34-38)16-1-2-16/h4,14-16,18H,1-3,5-13H2. The van der Waals surface area contributed by atoms with Crippen molar-refractivity contribution in [3.8, 4) is 0 Å². The third kappa shape index (κ3) is 4.56. The molecule has 39 heavy (non-hydrogen) atoms. The summed E-state index contributed by atoms with van der Waals surface area (Å²) in [5, 5.41) is 7.81. The molecule has 14 heteroatoms. The zero-order chi connectivity index (χ0) is 27.4. The highest BCUT2D eigenvalue weighted by atomic mass is 19.4. The molecular weight excluding hydrogens is 528 g/mol. The summed E-state index contributed by atoms with van der Waals surface area (Å²) >= 11 is 0. The third-order valence-corrected chi connectivity index (χ3v) is 9.25. The molecule has 3 aliphatic carbocycles. The van der Waals surface area contributed by atoms with Gasteiger partial charge in [-0.2, -0.15) is 36.5 Å². The number of nitrogens with zero attached hydrogens (tertiary/aromatic N) is 7. The second-order valence-electron chi connectivity index (χ2n) is 12.7. The van der Waals surface area contributed by atoms with Crippen LogP contribution >= 0.6 is 0 Å². The van der Waals surface area contributed by atoms with Gasteiger partial charge in [-0.25, -0.2) is 14.5 Å². The molecule has 2 aromatic heterocycles. The molecule has 0 N–H and O–H groups in total. The van der Waals surface area contributed by atoms with Crippen LogP contribution in [0.5, 0.6) is 0 Å². The van der Waals surface area contributed by atoms with Crippen molar-refractivity contribution in [1.29, 1.82) is 0 Å². The van der Waals surface area contributed by atoms with Crippen molar-refractivity contribution < 1.29 is 31.1 Å². The number of aromatic nitrogens is 5. The van der Waals surface area contributed by atoms with Crippen molar-refractivity contribution in [2.75, 3.05) is 26.2 Å². The lowest BCUT2D eigenvalue weighted by molar-refractivity contribution is -0.149. The van der Waals surface area contributed by atoms with Crippen LogP contribution in [0.1, 0.15) is 67.7 Å². The van der Waals surface area contributed by atoms with Crippen molar-refractivity contribution >= 4 is 6.03 Å². The van der Waals surface area contributed by atoms with Gasteiger partial charge in [-0.3, -0.25) is 4.68 Å². The monoisotopic (exact) mass is 557 g/mol. The lowest BCUT2D eigenvalue weighted by Crippen LogP contribution is -2.71. The van der Waals surface area contributed by atoms with E-state index < -0.39 is 24.6 Å². The minimum atomic E-state index is -4.80. The second kappa shape index (κ2) is 8.12. The van der Waals surface area contributed by atoms with Gasteiger partial charge in [0.25, 0.3) is 0 Å². The molecule has 2 aliphatic heterocycles. The molecule has 0 radical (unpaired) electrons. The van der Waals surface area contributed by atoms with Crippen LogP contribution in [0.4, 0.5) is 31.1 Å². The van der Waals surface area contributed by atoms with Gasteiger partial charge in [0.15, 0.2) is 11.5 Å². The van der Waals surface area contributed by atoms with Crippen LogP contribution in [0.3, 0.4) is 0 Å². The zero-order valence-corrected chi connectivity index (χ0v) is 21.2. The van der Waals surface area contributed by atoms with E-state index in [-0.39, 0.29) is 34.9 Å². The second-order valence-corrected chi connectivity index (χ2v) is 12.7. The number of likely N-dealkylation sites (tertiary alicyclic amines) is 2. The molecule has 2 amide bonds. The Bertz CT molecular complexity index is 1270. The SMILES string of the molecule is O=C(N1CC2(CC(Cc3cc(C(F)(F)F)nn3CC(F)(F)F)C2)C1)N1CC2(CC(n3cnc(C4CC4)n3)C2)C1. The molecule has 212 valence electrons. The largest absolute Gasteiger partial charge is 0.435 e. The van der Waals surface area contributed by atoms with Crippen molar-refractivity contribution in [1.82, 2.24) is 34.3 Å². The van der Waals surface area contributed by atoms with Crippen molar-refractivity contribution in [2.45, 2.75) is 75.8 Å². The van der Waals surface area contributed by atoms with E-state index in [0.29, 0.717) is 42.6 Å². The lowest BCUT2D eigenvalue weighted by atomic mass is 9.56. The molecule has 2 spiro atoms. The van der Waals surface area contributed by atoms with Gasteiger partial charge < -0.3 is 9.80 Å². The Labute approximate surface area is 220 Å². The summed E-state index contributed by atoms with van der Waals surface area (Å²) in [5.41, 5.74) is -1.25. The number of alkyl halides is 6. The van der Waals surface area contributed by atoms with E-state index in [4.69, 9.17) is 0 Å². The van der Waals surface area contributed by atoms with Crippen molar-refractivity contribution in [3.63, 3.8) is 0 Å². The maximum absolute atomic E-state index is 13.0. The first-order chi connectivity index (χ1) is 18.3. The third-order valence-electron chi connectivity index (χ3n) is 9.25. The Kier molecular flexibility index (Phi) is 5.24. The van der Waals surface area contributed by atoms with Gasteiger partial charge in [0.1, 0.15) is 12.9 Å². The molecule has 0 bridgehead atoms. The minimum absolute atomic E-state index is 0.0213. The molecule has 3 saturated carbocycles. The maximum atomic E-state index is 13.0. The average Bonchev–Trinajstić information content (AvgIpc) is 3.32. The van der Waals surface area contributed by atoms with Crippen LogP contribution in [0.15, 0.2) is 12.4 Å². The molecular formula is C25H29F6N7O. The number of hydrogen-bond donors (Lipinski definition) is 0. The molecule has 2 aromatic rings. The van der Waals surface area contributed by atoms with Gasteiger partial charge in [-0.15, -0.1) is 0 Å². The quantitative estimate of drug-likeness (QED) is 0.502. The van der Waals surface area contributed by atoms with Gasteiger partial charge in [-0.1, -0.05) is 0 Å². The molecule has 5 aliphatic rings. The van der Waals surface area contributed by atoms with E-state index in [1.807, 2.05) is 20.8 Å². The van der Waals surface area contributed by atoms with Crippen molar-refractivity contribution in [3.05, 3.63) is 29.6 Å². The first kappa shape index (κ1) is 25.2. The summed E-state index contributed by atoms with van der Waals surface area (Å²) in [6, 6.07) is 1.10. The number of carbonyl (C=O) groups is 1. The molecule has 8 nitrogen and oxygen atoms in total. The maximum Gasteiger partial charge on any atom is 0.435 e. The Morgan fingerprint density at radius 1 is 0.923 bits per heavy atom. The summed E-state index contributed by atoms with van der Waals surface area (Å²) in [5.74, 6) is 1.45. The topological polar surface area (TPSA) is 72.1 Å². The number of halogens is 6. The summed E-state index contributed by atoms with van der Waals surface area (Å²) in [6.45, 7) is 1.11. The van der Waals surface area contributed by atoms with E-state index in [1.165, 1.54) is 12.8 Å². The van der Waals surface area contributed by atoms with E-state index in [9.17, 15) is 31.1 Å². The fourth-order valence-electron chi connectivity index (χ4n) is 7.30. The number of hydrogen-bond acceptors (Lipinski definition) is 4. The van der Waals surface area contributed by atoms with E-state index in [1.54, 1.807) is 0 Å². The highest BCUT2D eigenvalue weighted by Gasteiger charge is 2.58. The smallest absolute Gasteiger partial charge is 0.323 e. The molecule has 2 saturated heterocycles. The Hall–Kier alpha value is -2.80. The number of rotatable bonds is 5. The van der Waals surface area contributed by atoms with Crippen LogP contribution in [-0.4, -0.2) is 72.7 Å². The van der Waals surface area contributed by atoms with Crippen LogP contribution < -0.4 is 0 Å². The molecule has 7 rings (SSSR count). The summed E-state index contributed by atoms with van der Waals surface area (Å²) in [4.78, 5) is 21.1. The lowest BCUT2D eigenvalue weighted by Gasteiger charge is -2.63. The highest BCUT2D eigenvalue weighted by Crippen LogP contribution is 2.56. The van der Waals surface area contributed by atoms with Crippen LogP contribution in [-0.2, 0) is 19.1 Å². The van der Waals surface area contributed by atoms with Crippen LogP contribution in [0.2, 0.25) is 0 Å². The number of carbonyl (C=O) groups excluding carboxylic acids is 1.